The van der Waals surface area contributed by atoms with Gasteiger partial charge in [-0.05, 0) is 76.4 Å². The quantitative estimate of drug-likeness (QED) is 0.0178. The van der Waals surface area contributed by atoms with Crippen LogP contribution in [0, 0.1) is 35.5 Å². The first-order valence-corrected chi connectivity index (χ1v) is 25.4. The molecule has 19 nitrogen and oxygen atoms in total. The molecular weight excluding hydrogens is 913 g/mol. The molecule has 370 valence electrons. The van der Waals surface area contributed by atoms with Crippen LogP contribution in [-0.4, -0.2) is 169 Å². The smallest absolute Gasteiger partial charge is 0.339 e. The number of hydrogen-bond donors (Lipinski definition) is 10. The van der Waals surface area contributed by atoms with E-state index in [1.807, 2.05) is 6.08 Å². The molecule has 0 aromatic rings. The number of guanidine groups is 1. The van der Waals surface area contributed by atoms with Crippen LogP contribution in [-0.2, 0) is 33.3 Å². The Morgan fingerprint density at radius 3 is 2.60 bits per heavy atom. The average molecular weight is 977 g/mol. The van der Waals surface area contributed by atoms with Crippen molar-refractivity contribution in [2.24, 2.45) is 34.4 Å². The maximum Gasteiger partial charge on any atom is 0.339 e. The first-order valence-electron chi connectivity index (χ1n) is 23.0. The lowest BCUT2D eigenvalue weighted by Crippen LogP contribution is -2.69. The molecule has 12 unspecified atom stereocenters. The Labute approximate surface area is 397 Å². The van der Waals surface area contributed by atoms with Crippen molar-refractivity contribution in [2.75, 3.05) is 45.3 Å². The van der Waals surface area contributed by atoms with Crippen molar-refractivity contribution in [1.29, 1.82) is 0 Å². The third-order valence-corrected chi connectivity index (χ3v) is 16.3. The van der Waals surface area contributed by atoms with Gasteiger partial charge in [0.2, 0.25) is 12.1 Å². The normalized spacial score (nSPS) is 34.4. The molecular formula is C46H64N4O15S2. The standard InChI is InChI=1S/C46H64N4O15S2/c1-24(2)62-40-44(64-35(21-54)39(55)46(40,59)60)65-43-29(15-25-7-3-4-8-25)37-26-9-5-10-36(67-66-23-32-27(19-52)11-12-34(32)63-42(58)31(37)22-61-43)33(20-53)50-17-28(16-26)38(30(18-50)41(56)57)49-45(47)48-13-6-14-51/h15-16,18,22,24,27,29,32-37,39-40,43-44,51-55,59-60H,3-4,6-8,10-14,17,19-21,23H2,1-2H3,(H,56,57)(H3,47,48,49). The van der Waals surface area contributed by atoms with E-state index in [1.54, 1.807) is 24.8 Å². The van der Waals surface area contributed by atoms with E-state index in [2.05, 4.69) is 22.2 Å². The van der Waals surface area contributed by atoms with Gasteiger partial charge in [0.25, 0.3) is 0 Å². The van der Waals surface area contributed by atoms with E-state index in [9.17, 15) is 50.4 Å². The van der Waals surface area contributed by atoms with Crippen molar-refractivity contribution in [3.05, 3.63) is 58.2 Å². The van der Waals surface area contributed by atoms with Crippen molar-refractivity contribution < 1.29 is 74.1 Å². The summed E-state index contributed by atoms with van der Waals surface area (Å²) >= 11 is 0. The van der Waals surface area contributed by atoms with Crippen LogP contribution in [0.5, 0.6) is 0 Å². The van der Waals surface area contributed by atoms with Gasteiger partial charge in [0, 0.05) is 67.3 Å². The van der Waals surface area contributed by atoms with Gasteiger partial charge in [0.05, 0.1) is 54.4 Å². The Morgan fingerprint density at radius 2 is 1.91 bits per heavy atom. The molecule has 7 aliphatic rings. The lowest BCUT2D eigenvalue weighted by atomic mass is 9.76. The topological polar surface area (TPSA) is 296 Å². The lowest BCUT2D eigenvalue weighted by molar-refractivity contribution is -0.413. The molecule has 0 aromatic heterocycles. The molecule has 67 heavy (non-hydrogen) atoms. The summed E-state index contributed by atoms with van der Waals surface area (Å²) in [5, 5.41) is 88.0. The van der Waals surface area contributed by atoms with Crippen LogP contribution in [0.4, 0.5) is 0 Å². The number of hydrogen-bond acceptors (Lipinski definition) is 18. The summed E-state index contributed by atoms with van der Waals surface area (Å²) in [6.45, 7) is 2.12. The minimum atomic E-state index is -2.96. The first-order chi connectivity index (χ1) is 32.2. The number of carbonyl (C=O) groups excluding carboxylic acids is 1. The van der Waals surface area contributed by atoms with Crippen molar-refractivity contribution >= 4 is 39.5 Å². The Bertz CT molecular complexity index is 2060. The Morgan fingerprint density at radius 1 is 1.13 bits per heavy atom. The van der Waals surface area contributed by atoms with Crippen LogP contribution in [0.25, 0.3) is 0 Å². The van der Waals surface area contributed by atoms with Gasteiger partial charge in [-0.2, -0.15) is 0 Å². The largest absolute Gasteiger partial charge is 0.478 e. The number of rotatable bonds is 13. The van der Waals surface area contributed by atoms with Gasteiger partial charge in [-0.15, -0.1) is 0 Å². The highest BCUT2D eigenvalue weighted by atomic mass is 33.1. The minimum Gasteiger partial charge on any atom is -0.478 e. The van der Waals surface area contributed by atoms with E-state index >= 15 is 0 Å². The summed E-state index contributed by atoms with van der Waals surface area (Å²) in [6, 6.07) is -0.610. The molecule has 2 aliphatic carbocycles. The van der Waals surface area contributed by atoms with E-state index < -0.39 is 85.3 Å². The molecule has 21 heteroatoms. The van der Waals surface area contributed by atoms with Gasteiger partial charge in [-0.25, -0.2) is 9.59 Å². The highest BCUT2D eigenvalue weighted by molar-refractivity contribution is 8.77. The van der Waals surface area contributed by atoms with Crippen LogP contribution in [0.3, 0.4) is 0 Å². The number of nitrogens with one attached hydrogen (secondary N) is 1. The van der Waals surface area contributed by atoms with E-state index in [-0.39, 0.29) is 79.2 Å². The number of fused-ring (bicyclic) bond motifs is 8. The minimum absolute atomic E-state index is 0.0565. The summed E-state index contributed by atoms with van der Waals surface area (Å²) in [6.07, 6.45) is 1.86. The van der Waals surface area contributed by atoms with Gasteiger partial charge < -0.3 is 80.5 Å². The van der Waals surface area contributed by atoms with Crippen LogP contribution in [0.2, 0.25) is 0 Å². The fourth-order valence-corrected chi connectivity index (χ4v) is 13.1. The molecule has 1 saturated heterocycles. The van der Waals surface area contributed by atoms with Crippen LogP contribution in [0.15, 0.2) is 63.2 Å². The molecule has 2 saturated carbocycles. The van der Waals surface area contributed by atoms with E-state index in [1.165, 1.54) is 34.0 Å². The monoisotopic (exact) mass is 976 g/mol. The van der Waals surface area contributed by atoms with Gasteiger partial charge in [0.1, 0.15) is 18.3 Å². The third-order valence-electron chi connectivity index (χ3n) is 13.3. The van der Waals surface area contributed by atoms with E-state index in [0.717, 1.165) is 31.3 Å². The van der Waals surface area contributed by atoms with Crippen LogP contribution < -0.4 is 11.1 Å². The molecule has 0 aromatic carbocycles. The Balaban J connectivity index is 1.45. The highest BCUT2D eigenvalue weighted by Crippen LogP contribution is 2.46. The van der Waals surface area contributed by atoms with Crippen molar-refractivity contribution in [1.82, 2.24) is 10.2 Å². The van der Waals surface area contributed by atoms with Gasteiger partial charge in [-0.3, -0.25) is 4.99 Å². The zero-order valence-corrected chi connectivity index (χ0v) is 39.3. The van der Waals surface area contributed by atoms with Gasteiger partial charge in [0.15, 0.2) is 18.4 Å². The van der Waals surface area contributed by atoms with Crippen LogP contribution in [0.1, 0.15) is 65.2 Å². The number of aliphatic carboxylic acids is 1. The molecule has 11 N–H and O–H groups in total. The summed E-state index contributed by atoms with van der Waals surface area (Å²) in [7, 11) is 3.02. The predicted molar refractivity (Wildman–Crippen MR) is 246 cm³/mol. The molecule has 12 atom stereocenters. The first kappa shape index (κ1) is 51.2. The Kier molecular flexibility index (Phi) is 17.5. The summed E-state index contributed by atoms with van der Waals surface area (Å²) in [5.41, 5.74) is 8.07. The number of esters is 1. The molecule has 3 fully saturated rings. The molecule has 0 amide bonds. The predicted octanol–water partition coefficient (Wildman–Crippen LogP) is 0.742. The number of allylic oxidation sites excluding steroid dienone is 2. The number of carboxylic acids is 1. The average Bonchev–Trinajstić information content (AvgIpc) is 3.96. The van der Waals surface area contributed by atoms with E-state index in [0.29, 0.717) is 36.2 Å². The van der Waals surface area contributed by atoms with Crippen molar-refractivity contribution in [3.63, 3.8) is 0 Å². The molecule has 0 radical (unpaired) electrons. The molecule has 7 rings (SSSR count). The number of aliphatic hydroxyl groups is 7. The zero-order chi connectivity index (χ0) is 48.0. The second kappa shape index (κ2) is 22.9. The lowest BCUT2D eigenvalue weighted by Gasteiger charge is -2.48. The third kappa shape index (κ3) is 11.5. The van der Waals surface area contributed by atoms with Gasteiger partial charge in [-0.1, -0.05) is 45.1 Å². The summed E-state index contributed by atoms with van der Waals surface area (Å²) in [4.78, 5) is 34.2. The maximum atomic E-state index is 14.9. The number of nitrogens with zero attached hydrogens (tertiary/aromatic N) is 2. The van der Waals surface area contributed by atoms with Crippen molar-refractivity contribution in [2.45, 2.75) is 125 Å². The number of aliphatic imine (C=N–C) groups is 1. The molecule has 5 aliphatic heterocycles. The number of carbonyl (C=O) groups is 2. The summed E-state index contributed by atoms with van der Waals surface area (Å²) < 4.78 is 31.3. The second-order valence-electron chi connectivity index (χ2n) is 18.2. The number of ether oxygens (including phenoxy) is 5. The van der Waals surface area contributed by atoms with E-state index in [4.69, 9.17) is 29.4 Å². The SMILES string of the molecule is CC(C)OC1C(OC2OC=C3C(=O)OC4CCC(CO)C4CSSC4CC#CC(=CC5=C(NC(N)=NCCCO)C(C(=O)O)=CN(C5)C4CO)C3C2C=C2CCCC2)OC(CO)C(O)C1(O)O. The fourth-order valence-electron chi connectivity index (χ4n) is 9.84. The molecule has 4 bridgehead atoms. The number of carboxylic acid groups (broad SMARTS) is 1. The summed E-state index contributed by atoms with van der Waals surface area (Å²) in [5.74, 6) is -0.208. The molecule has 5 heterocycles. The zero-order valence-electron chi connectivity index (χ0n) is 37.6. The fraction of sp³-hybridized carbons (Fsp3) is 0.674. The molecule has 0 spiro atoms. The number of aliphatic hydroxyl groups excluding tert-OH is 5. The Hall–Kier alpha value is -3.63. The van der Waals surface area contributed by atoms with Gasteiger partial charge >= 0.3 is 11.9 Å². The number of nitrogens with two attached hydrogens (primary N) is 1. The second-order valence-corrected chi connectivity index (χ2v) is 20.8. The highest BCUT2D eigenvalue weighted by Gasteiger charge is 2.58. The van der Waals surface area contributed by atoms with Crippen molar-refractivity contribution in [3.8, 4) is 11.8 Å². The maximum absolute atomic E-state index is 14.9. The van der Waals surface area contributed by atoms with Crippen LogP contribution >= 0.6 is 21.6 Å².